The summed E-state index contributed by atoms with van der Waals surface area (Å²) in [4.78, 5) is 12.0. The van der Waals surface area contributed by atoms with Gasteiger partial charge < -0.3 is 10.1 Å². The SMILES string of the molecule is CC1(C)C[C@@H]1C(=O)NC[C@@H]1CC[C@@H](c2ccccc2)O1. The van der Waals surface area contributed by atoms with Crippen LogP contribution in [0.15, 0.2) is 30.3 Å². The lowest BCUT2D eigenvalue weighted by Gasteiger charge is -2.15. The van der Waals surface area contributed by atoms with Gasteiger partial charge in [0.15, 0.2) is 0 Å². The standard InChI is InChI=1S/C17H23NO2/c1-17(2)10-14(17)16(19)18-11-13-8-9-15(20-13)12-6-4-3-5-7-12/h3-7,13-15H,8-11H2,1-2H3,(H,18,19)/t13-,14+,15-/m0/s1. The number of rotatable bonds is 4. The molecule has 0 spiro atoms. The number of carbonyl (C=O) groups is 1. The molecular formula is C17H23NO2. The average molecular weight is 273 g/mol. The Morgan fingerprint density at radius 3 is 2.65 bits per heavy atom. The number of hydrogen-bond acceptors (Lipinski definition) is 2. The van der Waals surface area contributed by atoms with Gasteiger partial charge >= 0.3 is 0 Å². The zero-order valence-corrected chi connectivity index (χ0v) is 12.3. The van der Waals surface area contributed by atoms with Crippen molar-refractivity contribution in [1.82, 2.24) is 5.32 Å². The molecule has 108 valence electrons. The molecular weight excluding hydrogens is 250 g/mol. The predicted octanol–water partition coefficient (Wildman–Crippen LogP) is 3.07. The van der Waals surface area contributed by atoms with E-state index >= 15 is 0 Å². The van der Waals surface area contributed by atoms with E-state index in [2.05, 4.69) is 31.3 Å². The Labute approximate surface area is 120 Å². The Morgan fingerprint density at radius 1 is 1.30 bits per heavy atom. The maximum absolute atomic E-state index is 12.0. The predicted molar refractivity (Wildman–Crippen MR) is 78.2 cm³/mol. The Bertz CT molecular complexity index is 483. The van der Waals surface area contributed by atoms with E-state index in [1.807, 2.05) is 18.2 Å². The van der Waals surface area contributed by atoms with Gasteiger partial charge in [-0.25, -0.2) is 0 Å². The molecule has 0 aromatic heterocycles. The van der Waals surface area contributed by atoms with Crippen LogP contribution in [0.5, 0.6) is 0 Å². The van der Waals surface area contributed by atoms with Crippen molar-refractivity contribution < 1.29 is 9.53 Å². The second-order valence-corrected chi connectivity index (χ2v) is 6.73. The van der Waals surface area contributed by atoms with Crippen LogP contribution in [0.25, 0.3) is 0 Å². The number of amides is 1. The van der Waals surface area contributed by atoms with Gasteiger partial charge in [-0.2, -0.15) is 0 Å². The van der Waals surface area contributed by atoms with Crippen molar-refractivity contribution in [2.45, 2.75) is 45.3 Å². The molecule has 1 heterocycles. The largest absolute Gasteiger partial charge is 0.368 e. The third-order valence-corrected chi connectivity index (χ3v) is 4.61. The molecule has 3 atom stereocenters. The van der Waals surface area contributed by atoms with Crippen LogP contribution in [-0.4, -0.2) is 18.6 Å². The summed E-state index contributed by atoms with van der Waals surface area (Å²) in [6.45, 7) is 4.94. The van der Waals surface area contributed by atoms with Gasteiger partial charge in [0.1, 0.15) is 0 Å². The minimum Gasteiger partial charge on any atom is -0.368 e. The number of carbonyl (C=O) groups excluding carboxylic acids is 1. The van der Waals surface area contributed by atoms with Gasteiger partial charge in [0.05, 0.1) is 12.2 Å². The maximum Gasteiger partial charge on any atom is 0.223 e. The van der Waals surface area contributed by atoms with Gasteiger partial charge in [-0.05, 0) is 30.2 Å². The monoisotopic (exact) mass is 273 g/mol. The molecule has 1 aromatic rings. The molecule has 2 aliphatic rings. The molecule has 0 bridgehead atoms. The second-order valence-electron chi connectivity index (χ2n) is 6.73. The lowest BCUT2D eigenvalue weighted by Crippen LogP contribution is -2.33. The summed E-state index contributed by atoms with van der Waals surface area (Å²) in [5.41, 5.74) is 1.44. The van der Waals surface area contributed by atoms with Crippen molar-refractivity contribution in [2.75, 3.05) is 6.54 Å². The van der Waals surface area contributed by atoms with Crippen LogP contribution in [0.4, 0.5) is 0 Å². The van der Waals surface area contributed by atoms with E-state index in [0.29, 0.717) is 6.54 Å². The van der Waals surface area contributed by atoms with Gasteiger partial charge in [0.25, 0.3) is 0 Å². The number of ether oxygens (including phenoxy) is 1. The molecule has 1 aliphatic carbocycles. The number of benzene rings is 1. The van der Waals surface area contributed by atoms with Gasteiger partial charge in [0.2, 0.25) is 5.91 Å². The van der Waals surface area contributed by atoms with Gasteiger partial charge in [-0.15, -0.1) is 0 Å². The summed E-state index contributed by atoms with van der Waals surface area (Å²) in [5.74, 6) is 0.399. The number of hydrogen-bond donors (Lipinski definition) is 1. The molecule has 1 saturated carbocycles. The van der Waals surface area contributed by atoms with E-state index in [4.69, 9.17) is 4.74 Å². The quantitative estimate of drug-likeness (QED) is 0.915. The zero-order chi connectivity index (χ0) is 14.2. The summed E-state index contributed by atoms with van der Waals surface area (Å²) in [6, 6.07) is 10.3. The van der Waals surface area contributed by atoms with Gasteiger partial charge in [-0.3, -0.25) is 4.79 Å². The minimum absolute atomic E-state index is 0.158. The Morgan fingerprint density at radius 2 is 2.00 bits per heavy atom. The van der Waals surface area contributed by atoms with E-state index in [-0.39, 0.29) is 29.4 Å². The smallest absolute Gasteiger partial charge is 0.223 e. The molecule has 3 nitrogen and oxygen atoms in total. The molecule has 1 amide bonds. The average Bonchev–Trinajstić information content (AvgIpc) is 2.89. The molecule has 1 saturated heterocycles. The highest BCUT2D eigenvalue weighted by Gasteiger charge is 2.50. The molecule has 1 aromatic carbocycles. The third-order valence-electron chi connectivity index (χ3n) is 4.61. The summed E-state index contributed by atoms with van der Waals surface area (Å²) in [7, 11) is 0. The van der Waals surface area contributed by atoms with Crippen molar-refractivity contribution >= 4 is 5.91 Å². The second kappa shape index (κ2) is 5.21. The molecule has 3 rings (SSSR count). The fourth-order valence-electron chi connectivity index (χ4n) is 3.02. The van der Waals surface area contributed by atoms with E-state index in [0.717, 1.165) is 19.3 Å². The lowest BCUT2D eigenvalue weighted by molar-refractivity contribution is -0.123. The summed E-state index contributed by atoms with van der Waals surface area (Å²) in [5, 5.41) is 3.05. The Kier molecular flexibility index (Phi) is 3.55. The van der Waals surface area contributed by atoms with Gasteiger partial charge in [0, 0.05) is 12.5 Å². The van der Waals surface area contributed by atoms with E-state index in [1.165, 1.54) is 5.56 Å². The first-order chi connectivity index (χ1) is 9.56. The Balaban J connectivity index is 1.46. The molecule has 0 radical (unpaired) electrons. The summed E-state index contributed by atoms with van der Waals surface area (Å²) < 4.78 is 6.04. The summed E-state index contributed by atoms with van der Waals surface area (Å²) in [6.07, 6.45) is 3.42. The van der Waals surface area contributed by atoms with Crippen LogP contribution in [0, 0.1) is 11.3 Å². The molecule has 0 unspecified atom stereocenters. The van der Waals surface area contributed by atoms with Gasteiger partial charge in [-0.1, -0.05) is 44.2 Å². The van der Waals surface area contributed by atoms with Crippen LogP contribution in [-0.2, 0) is 9.53 Å². The van der Waals surface area contributed by atoms with Crippen molar-refractivity contribution in [3.8, 4) is 0 Å². The van der Waals surface area contributed by atoms with Crippen LogP contribution in [0.1, 0.15) is 44.8 Å². The van der Waals surface area contributed by atoms with Crippen molar-refractivity contribution in [1.29, 1.82) is 0 Å². The third kappa shape index (κ3) is 2.88. The van der Waals surface area contributed by atoms with Crippen LogP contribution >= 0.6 is 0 Å². The minimum atomic E-state index is 0.158. The van der Waals surface area contributed by atoms with Crippen LogP contribution < -0.4 is 5.32 Å². The highest BCUT2D eigenvalue weighted by atomic mass is 16.5. The fourth-order valence-corrected chi connectivity index (χ4v) is 3.02. The molecule has 2 fully saturated rings. The molecule has 20 heavy (non-hydrogen) atoms. The Hall–Kier alpha value is -1.35. The topological polar surface area (TPSA) is 38.3 Å². The van der Waals surface area contributed by atoms with Crippen LogP contribution in [0.2, 0.25) is 0 Å². The van der Waals surface area contributed by atoms with Crippen molar-refractivity contribution in [2.24, 2.45) is 11.3 Å². The van der Waals surface area contributed by atoms with Crippen LogP contribution in [0.3, 0.4) is 0 Å². The highest BCUT2D eigenvalue weighted by Crippen LogP contribution is 2.51. The summed E-state index contributed by atoms with van der Waals surface area (Å²) >= 11 is 0. The van der Waals surface area contributed by atoms with E-state index in [9.17, 15) is 4.79 Å². The first-order valence-corrected chi connectivity index (χ1v) is 7.54. The van der Waals surface area contributed by atoms with E-state index in [1.54, 1.807) is 0 Å². The fraction of sp³-hybridized carbons (Fsp3) is 0.588. The zero-order valence-electron chi connectivity index (χ0n) is 12.3. The maximum atomic E-state index is 12.0. The first kappa shape index (κ1) is 13.6. The normalized spacial score (nSPS) is 31.0. The van der Waals surface area contributed by atoms with Crippen molar-refractivity contribution in [3.63, 3.8) is 0 Å². The molecule has 1 aliphatic heterocycles. The molecule has 3 heteroatoms. The highest BCUT2D eigenvalue weighted by molar-refractivity contribution is 5.82. The number of nitrogens with one attached hydrogen (secondary N) is 1. The first-order valence-electron chi connectivity index (χ1n) is 7.54. The lowest BCUT2D eigenvalue weighted by atomic mass is 10.1. The molecule has 1 N–H and O–H groups in total. The van der Waals surface area contributed by atoms with Crippen molar-refractivity contribution in [3.05, 3.63) is 35.9 Å². The van der Waals surface area contributed by atoms with E-state index < -0.39 is 0 Å².